The van der Waals surface area contributed by atoms with E-state index in [9.17, 15) is 30.8 Å². The molecule has 2 N–H and O–H groups in total. The lowest BCUT2D eigenvalue weighted by molar-refractivity contribution is -0.140. The van der Waals surface area contributed by atoms with Gasteiger partial charge in [0.1, 0.15) is 12.4 Å². The number of carbonyl (C=O) groups excluding carboxylic acids is 1. The van der Waals surface area contributed by atoms with Crippen molar-refractivity contribution in [3.8, 4) is 0 Å². The highest BCUT2D eigenvalue weighted by molar-refractivity contribution is 7.92. The summed E-state index contributed by atoms with van der Waals surface area (Å²) in [6.07, 6.45) is -4.19. The Morgan fingerprint density at radius 3 is 2.25 bits per heavy atom. The Morgan fingerprint density at radius 1 is 1.35 bits per heavy atom. The minimum atomic E-state index is -4.90. The van der Waals surface area contributed by atoms with Crippen molar-refractivity contribution in [1.82, 2.24) is 0 Å². The van der Waals surface area contributed by atoms with Gasteiger partial charge in [0, 0.05) is 0 Å². The second-order valence-corrected chi connectivity index (χ2v) is 5.80. The van der Waals surface area contributed by atoms with Crippen LogP contribution in [0.15, 0.2) is 18.2 Å². The Labute approximate surface area is 112 Å². The van der Waals surface area contributed by atoms with Crippen molar-refractivity contribution < 1.29 is 30.8 Å². The van der Waals surface area contributed by atoms with E-state index in [1.54, 1.807) is 0 Å². The number of alkyl halides is 3. The molecular weight excluding hydrogens is 304 g/mol. The van der Waals surface area contributed by atoms with E-state index < -0.39 is 45.7 Å². The largest absolute Gasteiger partial charge is 0.419 e. The van der Waals surface area contributed by atoms with Crippen LogP contribution in [0.3, 0.4) is 0 Å². The SMILES string of the molecule is CS(=O)(=O)N(CC(N)=O)c1ccc(C(F)(F)F)c(F)c1. The number of rotatable bonds is 4. The van der Waals surface area contributed by atoms with Crippen molar-refractivity contribution in [1.29, 1.82) is 0 Å². The molecule has 1 amide bonds. The van der Waals surface area contributed by atoms with Gasteiger partial charge in [-0.2, -0.15) is 13.2 Å². The number of amides is 1. The van der Waals surface area contributed by atoms with E-state index in [0.717, 1.165) is 6.07 Å². The Bertz CT molecular complexity index is 628. The first-order valence-corrected chi connectivity index (χ1v) is 6.90. The van der Waals surface area contributed by atoms with Crippen molar-refractivity contribution in [2.75, 3.05) is 17.1 Å². The predicted molar refractivity (Wildman–Crippen MR) is 62.8 cm³/mol. The van der Waals surface area contributed by atoms with Crippen molar-refractivity contribution in [3.63, 3.8) is 0 Å². The van der Waals surface area contributed by atoms with E-state index in [1.807, 2.05) is 0 Å². The van der Waals surface area contributed by atoms with Crippen molar-refractivity contribution in [2.24, 2.45) is 5.73 Å². The molecule has 0 fully saturated rings. The maximum absolute atomic E-state index is 13.4. The first kappa shape index (κ1) is 16.2. The minimum Gasteiger partial charge on any atom is -0.368 e. The second kappa shape index (κ2) is 5.27. The number of carbonyl (C=O) groups is 1. The molecule has 0 bridgehead atoms. The molecule has 0 aliphatic heterocycles. The standard InChI is InChI=1S/C10H10F4N2O3S/c1-20(18,19)16(5-9(15)17)6-2-3-7(8(11)4-6)10(12,13)14/h2-4H,5H2,1H3,(H2,15,17). The fraction of sp³-hybridized carbons (Fsp3) is 0.300. The molecule has 112 valence electrons. The number of hydrogen-bond donors (Lipinski definition) is 1. The lowest BCUT2D eigenvalue weighted by Crippen LogP contribution is -2.38. The Balaban J connectivity index is 3.31. The highest BCUT2D eigenvalue weighted by atomic mass is 32.2. The highest BCUT2D eigenvalue weighted by Crippen LogP contribution is 2.33. The Kier molecular flexibility index (Phi) is 4.27. The van der Waals surface area contributed by atoms with Crippen LogP contribution >= 0.6 is 0 Å². The predicted octanol–water partition coefficient (Wildman–Crippen LogP) is 1.10. The van der Waals surface area contributed by atoms with E-state index in [4.69, 9.17) is 5.73 Å². The third-order valence-corrected chi connectivity index (χ3v) is 3.39. The van der Waals surface area contributed by atoms with E-state index in [-0.39, 0.29) is 0 Å². The molecule has 20 heavy (non-hydrogen) atoms. The molecule has 0 aliphatic rings. The van der Waals surface area contributed by atoms with Gasteiger partial charge in [-0.15, -0.1) is 0 Å². The van der Waals surface area contributed by atoms with Crippen LogP contribution in [0.25, 0.3) is 0 Å². The summed E-state index contributed by atoms with van der Waals surface area (Å²) in [5.74, 6) is -2.68. The molecule has 10 heteroatoms. The first-order valence-electron chi connectivity index (χ1n) is 5.05. The van der Waals surface area contributed by atoms with Gasteiger partial charge in [-0.3, -0.25) is 9.10 Å². The molecule has 1 aromatic carbocycles. The molecule has 0 atom stereocenters. The van der Waals surface area contributed by atoms with Gasteiger partial charge in [0.25, 0.3) is 0 Å². The highest BCUT2D eigenvalue weighted by Gasteiger charge is 2.34. The van der Waals surface area contributed by atoms with E-state index in [1.165, 1.54) is 0 Å². The van der Waals surface area contributed by atoms with Gasteiger partial charge in [0.15, 0.2) is 0 Å². The molecule has 0 aliphatic carbocycles. The van der Waals surface area contributed by atoms with Gasteiger partial charge in [0.2, 0.25) is 15.9 Å². The monoisotopic (exact) mass is 314 g/mol. The number of sulfonamides is 1. The van der Waals surface area contributed by atoms with E-state index >= 15 is 0 Å². The molecule has 0 heterocycles. The van der Waals surface area contributed by atoms with Crippen molar-refractivity contribution in [3.05, 3.63) is 29.6 Å². The normalized spacial score (nSPS) is 12.2. The summed E-state index contributed by atoms with van der Waals surface area (Å²) in [6, 6.07) is 1.52. The molecular formula is C10H10F4N2O3S. The summed E-state index contributed by atoms with van der Waals surface area (Å²) in [4.78, 5) is 10.8. The summed E-state index contributed by atoms with van der Waals surface area (Å²) in [6.45, 7) is -0.802. The number of anilines is 1. The summed E-state index contributed by atoms with van der Waals surface area (Å²) >= 11 is 0. The van der Waals surface area contributed by atoms with Crippen LogP contribution in [-0.4, -0.2) is 27.1 Å². The number of benzene rings is 1. The lowest BCUT2D eigenvalue weighted by atomic mass is 10.2. The molecule has 0 saturated carbocycles. The van der Waals surface area contributed by atoms with Crippen LogP contribution in [0.1, 0.15) is 5.56 Å². The minimum absolute atomic E-state index is 0.382. The molecule has 1 aromatic rings. The molecule has 0 unspecified atom stereocenters. The summed E-state index contributed by atoms with van der Waals surface area (Å²) in [5.41, 5.74) is 2.89. The smallest absolute Gasteiger partial charge is 0.368 e. The van der Waals surface area contributed by atoms with E-state index in [2.05, 4.69) is 0 Å². The summed E-state index contributed by atoms with van der Waals surface area (Å²) < 4.78 is 73.8. The third kappa shape index (κ3) is 3.83. The average molecular weight is 314 g/mol. The zero-order chi connectivity index (χ0) is 15.7. The number of hydrogen-bond acceptors (Lipinski definition) is 3. The fourth-order valence-corrected chi connectivity index (χ4v) is 2.29. The van der Waals surface area contributed by atoms with Crippen molar-refractivity contribution >= 4 is 21.6 Å². The van der Waals surface area contributed by atoms with Crippen LogP contribution in [0.5, 0.6) is 0 Å². The number of nitrogens with zero attached hydrogens (tertiary/aromatic N) is 1. The number of nitrogens with two attached hydrogens (primary N) is 1. The van der Waals surface area contributed by atoms with Crippen molar-refractivity contribution in [2.45, 2.75) is 6.18 Å². The molecule has 0 saturated heterocycles. The second-order valence-electron chi connectivity index (χ2n) is 3.90. The molecule has 5 nitrogen and oxygen atoms in total. The van der Waals surface area contributed by atoms with Crippen LogP contribution in [-0.2, 0) is 21.0 Å². The van der Waals surface area contributed by atoms with Gasteiger partial charge in [-0.25, -0.2) is 12.8 Å². The quantitative estimate of drug-likeness (QED) is 0.845. The summed E-state index contributed by atoms with van der Waals surface area (Å²) in [5, 5.41) is 0. The first-order chi connectivity index (χ1) is 8.93. The molecule has 0 aromatic heterocycles. The zero-order valence-electron chi connectivity index (χ0n) is 10.1. The van der Waals surface area contributed by atoms with E-state index in [0.29, 0.717) is 22.7 Å². The maximum Gasteiger partial charge on any atom is 0.419 e. The summed E-state index contributed by atoms with van der Waals surface area (Å²) in [7, 11) is -3.99. The van der Waals surface area contributed by atoms with Crippen LogP contribution in [0, 0.1) is 5.82 Å². The Hall–Kier alpha value is -1.84. The van der Waals surface area contributed by atoms with Gasteiger partial charge in [-0.05, 0) is 18.2 Å². The molecule has 1 rings (SSSR count). The third-order valence-electron chi connectivity index (χ3n) is 2.25. The number of primary amides is 1. The maximum atomic E-state index is 13.4. The Morgan fingerprint density at radius 2 is 1.90 bits per heavy atom. The van der Waals surface area contributed by atoms with Crippen LogP contribution in [0.4, 0.5) is 23.2 Å². The lowest BCUT2D eigenvalue weighted by Gasteiger charge is -2.21. The van der Waals surface area contributed by atoms with Crippen LogP contribution < -0.4 is 10.0 Å². The molecule has 0 spiro atoms. The van der Waals surface area contributed by atoms with Gasteiger partial charge < -0.3 is 5.73 Å². The van der Waals surface area contributed by atoms with Gasteiger partial charge >= 0.3 is 6.18 Å². The van der Waals surface area contributed by atoms with Crippen LogP contribution in [0.2, 0.25) is 0 Å². The van der Waals surface area contributed by atoms with Gasteiger partial charge in [0.05, 0.1) is 17.5 Å². The topological polar surface area (TPSA) is 80.5 Å². The average Bonchev–Trinajstić information content (AvgIpc) is 2.22. The van der Waals surface area contributed by atoms with Gasteiger partial charge in [-0.1, -0.05) is 0 Å². The fourth-order valence-electron chi connectivity index (χ4n) is 1.43. The molecule has 0 radical (unpaired) electrons. The zero-order valence-corrected chi connectivity index (χ0v) is 10.9. The number of halogens is 4.